The van der Waals surface area contributed by atoms with E-state index in [4.69, 9.17) is 5.84 Å². The van der Waals surface area contributed by atoms with Crippen LogP contribution in [0.4, 0.5) is 24.8 Å². The molecule has 108 valence electrons. The van der Waals surface area contributed by atoms with Gasteiger partial charge in [0, 0.05) is 13.1 Å². The Kier molecular flexibility index (Phi) is 3.70. The number of nitrogens with one attached hydrogen (secondary N) is 2. The second-order valence-corrected chi connectivity index (χ2v) is 3.82. The third-order valence-corrected chi connectivity index (χ3v) is 2.36. The second kappa shape index (κ2) is 5.28. The number of hydrogen-bond acceptors (Lipinski definition) is 7. The van der Waals surface area contributed by atoms with Crippen molar-refractivity contribution in [2.45, 2.75) is 12.7 Å². The summed E-state index contributed by atoms with van der Waals surface area (Å²) in [5.41, 5.74) is 2.06. The van der Waals surface area contributed by atoms with Crippen LogP contribution < -0.4 is 16.6 Å². The normalized spacial score (nSPS) is 11.4. The van der Waals surface area contributed by atoms with E-state index in [2.05, 4.69) is 30.9 Å². The Hall–Kier alpha value is -2.43. The largest absolute Gasteiger partial charge is 0.451 e. The molecule has 8 nitrogen and oxygen atoms in total. The Morgan fingerprint density at radius 3 is 2.55 bits per heavy atom. The number of rotatable bonds is 4. The first kappa shape index (κ1) is 14.0. The summed E-state index contributed by atoms with van der Waals surface area (Å²) in [5, 5.41) is 10.1. The molecule has 0 spiro atoms. The van der Waals surface area contributed by atoms with Crippen LogP contribution in [0.15, 0.2) is 12.4 Å². The maximum absolute atomic E-state index is 12.6. The molecule has 20 heavy (non-hydrogen) atoms. The lowest BCUT2D eigenvalue weighted by Gasteiger charge is -2.11. The van der Waals surface area contributed by atoms with E-state index < -0.39 is 12.0 Å². The van der Waals surface area contributed by atoms with Gasteiger partial charge in [-0.15, -0.1) is 10.2 Å². The number of alkyl halides is 3. The molecule has 0 bridgehead atoms. The minimum absolute atomic E-state index is 0.0247. The second-order valence-electron chi connectivity index (χ2n) is 3.82. The highest BCUT2D eigenvalue weighted by atomic mass is 19.4. The smallest absolute Gasteiger partial charge is 0.363 e. The number of nitrogens with two attached hydrogens (primary N) is 1. The Morgan fingerprint density at radius 2 is 2.00 bits per heavy atom. The summed E-state index contributed by atoms with van der Waals surface area (Å²) < 4.78 is 39.5. The highest BCUT2D eigenvalue weighted by Gasteiger charge is 2.35. The van der Waals surface area contributed by atoms with Gasteiger partial charge in [-0.1, -0.05) is 0 Å². The van der Waals surface area contributed by atoms with Gasteiger partial charge in [-0.05, 0) is 0 Å². The molecule has 11 heteroatoms. The van der Waals surface area contributed by atoms with Crippen molar-refractivity contribution < 1.29 is 13.2 Å². The fraction of sp³-hybridized carbons (Fsp3) is 0.333. The van der Waals surface area contributed by atoms with Gasteiger partial charge in [0.25, 0.3) is 0 Å². The van der Waals surface area contributed by atoms with Gasteiger partial charge in [0.15, 0.2) is 5.82 Å². The van der Waals surface area contributed by atoms with Crippen molar-refractivity contribution in [2.24, 2.45) is 12.9 Å². The van der Waals surface area contributed by atoms with Gasteiger partial charge in [0.05, 0.1) is 6.54 Å². The number of aromatic nitrogens is 5. The molecule has 0 unspecified atom stereocenters. The lowest BCUT2D eigenvalue weighted by atomic mass is 10.4. The molecule has 0 saturated carbocycles. The Labute approximate surface area is 111 Å². The van der Waals surface area contributed by atoms with Gasteiger partial charge >= 0.3 is 6.18 Å². The molecule has 0 amide bonds. The predicted molar refractivity (Wildman–Crippen MR) is 63.2 cm³/mol. The van der Waals surface area contributed by atoms with Crippen molar-refractivity contribution in [2.75, 3.05) is 10.7 Å². The summed E-state index contributed by atoms with van der Waals surface area (Å²) >= 11 is 0. The Balaban J connectivity index is 2.21. The number of aryl methyl sites for hydroxylation is 1. The molecule has 0 atom stereocenters. The van der Waals surface area contributed by atoms with E-state index in [1.807, 2.05) is 0 Å². The highest BCUT2D eigenvalue weighted by Crippen LogP contribution is 2.28. The third-order valence-electron chi connectivity index (χ3n) is 2.36. The maximum Gasteiger partial charge on any atom is 0.451 e. The number of nitrogen functional groups attached to an aromatic ring is 1. The number of halogens is 3. The average molecular weight is 288 g/mol. The zero-order valence-electron chi connectivity index (χ0n) is 10.3. The van der Waals surface area contributed by atoms with Crippen LogP contribution in [0.2, 0.25) is 0 Å². The molecule has 2 aromatic heterocycles. The highest BCUT2D eigenvalue weighted by molar-refractivity contribution is 5.47. The van der Waals surface area contributed by atoms with E-state index in [0.29, 0.717) is 5.82 Å². The summed E-state index contributed by atoms with van der Waals surface area (Å²) in [6, 6.07) is 1.26. The van der Waals surface area contributed by atoms with Gasteiger partial charge in [0.2, 0.25) is 5.82 Å². The van der Waals surface area contributed by atoms with E-state index in [9.17, 15) is 13.2 Å². The number of hydrazine groups is 1. The van der Waals surface area contributed by atoms with E-state index >= 15 is 0 Å². The molecular weight excluding hydrogens is 277 g/mol. The van der Waals surface area contributed by atoms with Crippen LogP contribution in [0.3, 0.4) is 0 Å². The zero-order chi connectivity index (χ0) is 14.8. The summed E-state index contributed by atoms with van der Waals surface area (Å²) in [6.07, 6.45) is -3.18. The molecule has 0 aromatic carbocycles. The molecule has 0 aliphatic rings. The number of hydrogen-bond donors (Lipinski definition) is 3. The molecule has 2 aromatic rings. The van der Waals surface area contributed by atoms with Gasteiger partial charge in [-0.3, -0.25) is 0 Å². The van der Waals surface area contributed by atoms with E-state index in [-0.39, 0.29) is 18.2 Å². The molecule has 0 fully saturated rings. The zero-order valence-corrected chi connectivity index (χ0v) is 10.3. The van der Waals surface area contributed by atoms with E-state index in [1.165, 1.54) is 12.4 Å². The van der Waals surface area contributed by atoms with E-state index in [1.54, 1.807) is 11.6 Å². The van der Waals surface area contributed by atoms with Crippen LogP contribution in [0.1, 0.15) is 11.6 Å². The molecule has 0 aliphatic carbocycles. The quantitative estimate of drug-likeness (QED) is 0.556. The molecule has 2 heterocycles. The fourth-order valence-corrected chi connectivity index (χ4v) is 1.38. The SMILES string of the molecule is Cn1cnnc1CNc1cc(NN)nc(C(F)(F)F)n1. The number of anilines is 2. The number of nitrogens with zero attached hydrogens (tertiary/aromatic N) is 5. The van der Waals surface area contributed by atoms with Gasteiger partial charge in [-0.25, -0.2) is 15.8 Å². The standard InChI is InChI=1S/C9H11F3N8/c1-20-4-15-19-7(20)3-14-5-2-6(18-13)17-8(16-5)9(10,11)12/h2,4H,3,13H2,1H3,(H2,14,16,17,18). The lowest BCUT2D eigenvalue weighted by Crippen LogP contribution is -2.17. The minimum atomic E-state index is -4.66. The van der Waals surface area contributed by atoms with Gasteiger partial charge in [0.1, 0.15) is 18.0 Å². The first-order valence-electron chi connectivity index (χ1n) is 5.40. The van der Waals surface area contributed by atoms with Crippen molar-refractivity contribution in [3.05, 3.63) is 24.0 Å². The van der Waals surface area contributed by atoms with Gasteiger partial charge < -0.3 is 15.3 Å². The summed E-state index contributed by atoms with van der Waals surface area (Å²) in [7, 11) is 1.71. The molecule has 0 saturated heterocycles. The van der Waals surface area contributed by atoms with Crippen molar-refractivity contribution in [3.8, 4) is 0 Å². The third kappa shape index (κ3) is 3.12. The van der Waals surface area contributed by atoms with Gasteiger partial charge in [-0.2, -0.15) is 13.2 Å². The van der Waals surface area contributed by atoms with Crippen LogP contribution in [-0.2, 0) is 19.8 Å². The van der Waals surface area contributed by atoms with E-state index in [0.717, 1.165) is 0 Å². The van der Waals surface area contributed by atoms with Crippen molar-refractivity contribution in [1.82, 2.24) is 24.7 Å². The van der Waals surface area contributed by atoms with Crippen molar-refractivity contribution in [3.63, 3.8) is 0 Å². The Morgan fingerprint density at radius 1 is 1.30 bits per heavy atom. The molecule has 4 N–H and O–H groups in total. The van der Waals surface area contributed by atoms with Crippen LogP contribution in [0.25, 0.3) is 0 Å². The molecule has 0 radical (unpaired) electrons. The molecule has 2 rings (SSSR count). The topological polar surface area (TPSA) is 107 Å². The monoisotopic (exact) mass is 288 g/mol. The Bertz CT molecular complexity index is 593. The van der Waals surface area contributed by atoms with Crippen molar-refractivity contribution in [1.29, 1.82) is 0 Å². The van der Waals surface area contributed by atoms with Crippen molar-refractivity contribution >= 4 is 11.6 Å². The average Bonchev–Trinajstić information content (AvgIpc) is 2.80. The van der Waals surface area contributed by atoms with Crippen LogP contribution >= 0.6 is 0 Å². The first-order valence-corrected chi connectivity index (χ1v) is 5.40. The molecular formula is C9H11F3N8. The van der Waals surface area contributed by atoms with Crippen LogP contribution in [0.5, 0.6) is 0 Å². The first-order chi connectivity index (χ1) is 9.40. The summed E-state index contributed by atoms with van der Waals surface area (Å²) in [5.74, 6) is 4.17. The predicted octanol–water partition coefficient (Wildman–Crippen LogP) is 0.522. The summed E-state index contributed by atoms with van der Waals surface area (Å²) in [6.45, 7) is 0.162. The molecule has 0 aliphatic heterocycles. The van der Waals surface area contributed by atoms with Crippen LogP contribution in [-0.4, -0.2) is 24.7 Å². The lowest BCUT2D eigenvalue weighted by molar-refractivity contribution is -0.144. The van der Waals surface area contributed by atoms with Crippen LogP contribution in [0, 0.1) is 0 Å². The maximum atomic E-state index is 12.6. The minimum Gasteiger partial charge on any atom is -0.363 e. The fourth-order valence-electron chi connectivity index (χ4n) is 1.38. The summed E-state index contributed by atoms with van der Waals surface area (Å²) in [4.78, 5) is 6.62.